The van der Waals surface area contributed by atoms with E-state index in [0.29, 0.717) is 27.5 Å². The van der Waals surface area contributed by atoms with Gasteiger partial charge in [-0.15, -0.1) is 0 Å². The van der Waals surface area contributed by atoms with Crippen LogP contribution in [0.25, 0.3) is 116 Å². The van der Waals surface area contributed by atoms with Gasteiger partial charge in [-0.25, -0.2) is 0 Å². The van der Waals surface area contributed by atoms with Crippen LogP contribution >= 0.6 is 0 Å². The van der Waals surface area contributed by atoms with Crippen molar-refractivity contribution in [1.29, 1.82) is 0 Å². The Kier molecular flexibility index (Phi) is 5.02. The number of fused-ring (bicyclic) bond motifs is 9. The molecule has 0 N–H and O–H groups in total. The minimum Gasteiger partial charge on any atom is -0.309 e. The number of hydrogen-bond acceptors (Lipinski definition) is 0. The summed E-state index contributed by atoms with van der Waals surface area (Å²) < 4.78 is 161. The zero-order valence-electron chi connectivity index (χ0n) is 50.0. The first-order chi connectivity index (χ1) is 38.4. The first-order valence-corrected chi connectivity index (χ1v) is 20.3. The fourth-order valence-corrected chi connectivity index (χ4v) is 9.13. The Hall–Kier alpha value is -8.40. The largest absolute Gasteiger partial charge is 0.309 e. The number of benzene rings is 10. The Bertz CT molecular complexity index is 4830. The molecule has 0 aliphatic heterocycles. The average molecular weight is 819 g/mol. The van der Waals surface area contributed by atoms with E-state index in [9.17, 15) is 9.60 Å². The van der Waals surface area contributed by atoms with Crippen LogP contribution in [0.1, 0.15) is 23.3 Å². The molecule has 0 radical (unpaired) electrons. The van der Waals surface area contributed by atoms with Crippen molar-refractivity contribution in [3.8, 4) is 50.4 Å². The molecule has 3 heterocycles. The fourth-order valence-electron chi connectivity index (χ4n) is 9.13. The molecule has 0 aliphatic rings. The standard InChI is InChI=1S/C60H39N3/c1-3-17-40(18-4-1)42-21-15-22-43(35-42)45-36-44(41-19-5-2-6-20-41)37-47(38-45)62-56-30-13-9-25-50(56)52-27-16-32-59(60(52)62)63-57-31-14-10-26-51(57)53-39-46(33-34-58(53)63)61-54-28-11-7-23-48(54)49-24-8-12-29-55(49)61/h1-39H/i1D,2D,3D,4D,5D,6D,15D,17D,18D,19D,20D,21D,22D,35D,36D,37D,38D. The van der Waals surface area contributed by atoms with Crippen LogP contribution in [-0.4, -0.2) is 13.7 Å². The number of rotatable bonds is 6. The van der Waals surface area contributed by atoms with Crippen molar-refractivity contribution in [1.82, 2.24) is 13.7 Å². The molecule has 0 saturated heterocycles. The van der Waals surface area contributed by atoms with Crippen LogP contribution in [0.15, 0.2) is 236 Å². The highest BCUT2D eigenvalue weighted by Crippen LogP contribution is 2.42. The molecule has 0 aliphatic carbocycles. The number of para-hydroxylation sites is 5. The molecule has 294 valence electrons. The quantitative estimate of drug-likeness (QED) is 0.159. The summed E-state index contributed by atoms with van der Waals surface area (Å²) in [7, 11) is 0. The van der Waals surface area contributed by atoms with E-state index in [0.717, 1.165) is 49.3 Å². The van der Waals surface area contributed by atoms with Crippen LogP contribution in [0.2, 0.25) is 0 Å². The molecule has 0 spiro atoms. The van der Waals surface area contributed by atoms with Crippen molar-refractivity contribution in [2.45, 2.75) is 0 Å². The molecule has 0 amide bonds. The summed E-state index contributed by atoms with van der Waals surface area (Å²) in [5.74, 6) is 0. The molecule has 3 heteroatoms. The number of nitrogens with zero attached hydrogens (tertiary/aromatic N) is 3. The van der Waals surface area contributed by atoms with Crippen molar-refractivity contribution in [2.24, 2.45) is 0 Å². The smallest absolute Gasteiger partial charge is 0.0782 e. The summed E-state index contributed by atoms with van der Waals surface area (Å²) >= 11 is 0. The predicted molar refractivity (Wildman–Crippen MR) is 266 cm³/mol. The van der Waals surface area contributed by atoms with Crippen LogP contribution in [-0.2, 0) is 0 Å². The first-order valence-electron chi connectivity index (χ1n) is 28.8. The van der Waals surface area contributed by atoms with Gasteiger partial charge in [0.2, 0.25) is 0 Å². The van der Waals surface area contributed by atoms with Gasteiger partial charge < -0.3 is 13.7 Å². The predicted octanol–water partition coefficient (Wildman–Crippen LogP) is 16.0. The van der Waals surface area contributed by atoms with Gasteiger partial charge in [-0.1, -0.05) is 163 Å². The summed E-state index contributed by atoms with van der Waals surface area (Å²) in [5.41, 5.74) is 1.91. The second-order valence-electron chi connectivity index (χ2n) is 15.2. The Morgan fingerprint density at radius 2 is 0.730 bits per heavy atom. The van der Waals surface area contributed by atoms with Crippen LogP contribution in [0.4, 0.5) is 0 Å². The van der Waals surface area contributed by atoms with Gasteiger partial charge in [0.15, 0.2) is 0 Å². The number of hydrogen-bond donors (Lipinski definition) is 0. The van der Waals surface area contributed by atoms with E-state index in [4.69, 9.17) is 13.7 Å². The van der Waals surface area contributed by atoms with Gasteiger partial charge in [-0.2, -0.15) is 0 Å². The molecule has 63 heavy (non-hydrogen) atoms. The van der Waals surface area contributed by atoms with E-state index in [1.54, 1.807) is 16.7 Å². The highest BCUT2D eigenvalue weighted by Gasteiger charge is 2.22. The van der Waals surface area contributed by atoms with Crippen molar-refractivity contribution in [3.05, 3.63) is 236 Å². The lowest BCUT2D eigenvalue weighted by molar-refractivity contribution is 1.13. The first kappa shape index (κ1) is 22.4. The van der Waals surface area contributed by atoms with Crippen LogP contribution < -0.4 is 0 Å². The van der Waals surface area contributed by atoms with E-state index < -0.39 is 136 Å². The Morgan fingerprint density at radius 3 is 1.37 bits per heavy atom. The van der Waals surface area contributed by atoms with Gasteiger partial charge in [-0.3, -0.25) is 0 Å². The molecule has 13 rings (SSSR count). The van der Waals surface area contributed by atoms with Gasteiger partial charge >= 0.3 is 0 Å². The molecule has 0 saturated carbocycles. The van der Waals surface area contributed by atoms with E-state index in [-0.39, 0.29) is 5.69 Å². The zero-order valence-corrected chi connectivity index (χ0v) is 33.0. The highest BCUT2D eigenvalue weighted by molar-refractivity contribution is 6.16. The summed E-state index contributed by atoms with van der Waals surface area (Å²) in [6.07, 6.45) is 0. The normalized spacial score (nSPS) is 15.6. The van der Waals surface area contributed by atoms with Gasteiger partial charge in [0.25, 0.3) is 0 Å². The monoisotopic (exact) mass is 818 g/mol. The lowest BCUT2D eigenvalue weighted by Gasteiger charge is -2.17. The van der Waals surface area contributed by atoms with Gasteiger partial charge in [0.1, 0.15) is 0 Å². The topological polar surface area (TPSA) is 14.8 Å². The maximum absolute atomic E-state index is 10.4. The van der Waals surface area contributed by atoms with Crippen LogP contribution in [0.5, 0.6) is 0 Å². The van der Waals surface area contributed by atoms with E-state index in [1.807, 2.05) is 84.9 Å². The summed E-state index contributed by atoms with van der Waals surface area (Å²) in [6, 6.07) is 30.0. The van der Waals surface area contributed by atoms with Crippen molar-refractivity contribution in [3.63, 3.8) is 0 Å². The van der Waals surface area contributed by atoms with Gasteiger partial charge in [0, 0.05) is 43.7 Å². The zero-order chi connectivity index (χ0) is 56.2. The number of aromatic nitrogens is 3. The van der Waals surface area contributed by atoms with Crippen LogP contribution in [0.3, 0.4) is 0 Å². The lowest BCUT2D eigenvalue weighted by Crippen LogP contribution is -2.01. The van der Waals surface area contributed by atoms with Gasteiger partial charge in [-0.05, 0) is 106 Å². The molecular weight excluding hydrogens is 763 g/mol. The molecule has 0 bridgehead atoms. The molecule has 3 nitrogen and oxygen atoms in total. The Labute approximate surface area is 388 Å². The minimum absolute atomic E-state index is 0.310. The molecule has 3 aromatic heterocycles. The molecule has 0 unspecified atom stereocenters. The van der Waals surface area contributed by atoms with Crippen LogP contribution in [0, 0.1) is 0 Å². The second-order valence-corrected chi connectivity index (χ2v) is 15.2. The third kappa shape index (κ3) is 5.53. The second kappa shape index (κ2) is 14.1. The van der Waals surface area contributed by atoms with Crippen molar-refractivity contribution >= 4 is 65.4 Å². The molecule has 10 aromatic carbocycles. The Balaban J connectivity index is 1.18. The van der Waals surface area contributed by atoms with E-state index in [1.165, 1.54) is 0 Å². The highest BCUT2D eigenvalue weighted by atomic mass is 15.1. The minimum atomic E-state index is -0.885. The summed E-state index contributed by atoms with van der Waals surface area (Å²) in [5, 5.41) is 5.30. The third-order valence-corrected chi connectivity index (χ3v) is 11.7. The third-order valence-electron chi connectivity index (χ3n) is 11.7. The van der Waals surface area contributed by atoms with Gasteiger partial charge in [0.05, 0.1) is 62.1 Å². The van der Waals surface area contributed by atoms with Crippen molar-refractivity contribution < 1.29 is 23.3 Å². The molecule has 0 fully saturated rings. The summed E-state index contributed by atoms with van der Waals surface area (Å²) in [4.78, 5) is 0. The maximum atomic E-state index is 10.4. The molecular formula is C60H39N3. The maximum Gasteiger partial charge on any atom is 0.0782 e. The average Bonchev–Trinajstić information content (AvgIpc) is 4.18. The molecule has 0 atom stereocenters. The SMILES string of the molecule is [2H]c1c([2H])c([2H])c(-c2c([2H])c([2H])c([2H])c(-c3c([2H])c(-c4c([2H])c([2H])c([2H])c([2H])c4[2H])c([2H])c(-n4c5ccccc5c5cccc(-n6c7ccccc7c7cc(-n8c9ccccc9c9ccccc98)ccc76)c54)c3[2H])c2[2H])c([2H])c1[2H]. The fraction of sp³-hybridized carbons (Fsp3) is 0. The summed E-state index contributed by atoms with van der Waals surface area (Å²) in [6.45, 7) is 0. The molecule has 13 aromatic rings. The Morgan fingerprint density at radius 1 is 0.286 bits per heavy atom. The van der Waals surface area contributed by atoms with Crippen molar-refractivity contribution in [2.75, 3.05) is 0 Å². The van der Waals surface area contributed by atoms with E-state index in [2.05, 4.69) is 45.5 Å². The lowest BCUT2D eigenvalue weighted by atomic mass is 9.95. The van der Waals surface area contributed by atoms with E-state index >= 15 is 0 Å².